The Kier molecular flexibility index (Phi) is 5.77. The van der Waals surface area contributed by atoms with E-state index >= 15 is 0 Å². The number of esters is 1. The van der Waals surface area contributed by atoms with Crippen molar-refractivity contribution in [3.8, 4) is 11.5 Å². The molecule has 6 heteroatoms. The molecule has 33 heavy (non-hydrogen) atoms. The number of benzene rings is 3. The summed E-state index contributed by atoms with van der Waals surface area (Å²) in [7, 11) is 0. The third-order valence-corrected chi connectivity index (χ3v) is 5.39. The van der Waals surface area contributed by atoms with Crippen LogP contribution in [0.4, 0.5) is 5.69 Å². The highest BCUT2D eigenvalue weighted by molar-refractivity contribution is 6.34. The minimum atomic E-state index is -0.588. The van der Waals surface area contributed by atoms with Gasteiger partial charge in [-0.3, -0.25) is 9.59 Å². The number of anilines is 1. The Hall–Kier alpha value is -3.93. The van der Waals surface area contributed by atoms with Crippen molar-refractivity contribution in [2.24, 2.45) is 0 Å². The zero-order chi connectivity index (χ0) is 23.8. The molecule has 1 aliphatic rings. The van der Waals surface area contributed by atoms with E-state index in [1.54, 1.807) is 42.5 Å². The predicted molar refractivity (Wildman–Crippen MR) is 125 cm³/mol. The number of carbonyl (C=O) groups excluding carboxylic acids is 3. The molecule has 0 unspecified atom stereocenters. The molecule has 0 aliphatic carbocycles. The van der Waals surface area contributed by atoms with Crippen LogP contribution < -0.4 is 14.4 Å². The fourth-order valence-corrected chi connectivity index (χ4v) is 3.76. The van der Waals surface area contributed by atoms with E-state index < -0.39 is 17.8 Å². The monoisotopic (exact) mass is 443 g/mol. The van der Waals surface area contributed by atoms with Crippen LogP contribution in [0.25, 0.3) is 0 Å². The maximum atomic E-state index is 12.7. The van der Waals surface area contributed by atoms with Crippen LogP contribution in [0.15, 0.2) is 66.7 Å². The molecule has 3 aromatic carbocycles. The van der Waals surface area contributed by atoms with Gasteiger partial charge in [-0.2, -0.15) is 0 Å². The first-order chi connectivity index (χ1) is 15.6. The Morgan fingerprint density at radius 3 is 2.18 bits per heavy atom. The van der Waals surface area contributed by atoms with Crippen LogP contribution in [0.5, 0.6) is 11.5 Å². The molecular weight excluding hydrogens is 418 g/mol. The SMILES string of the molecule is Cc1ccc(OCC(=O)Oc2cccc(N3C(=O)c4ccccc4C3=O)c2)c(C(C)(C)C)c1. The Balaban J connectivity index is 1.47. The fraction of sp³-hybridized carbons (Fsp3) is 0.222. The van der Waals surface area contributed by atoms with Crippen molar-refractivity contribution < 1.29 is 23.9 Å². The summed E-state index contributed by atoms with van der Waals surface area (Å²) in [5, 5.41) is 0. The molecule has 3 aromatic rings. The highest BCUT2D eigenvalue weighted by Crippen LogP contribution is 2.33. The van der Waals surface area contributed by atoms with Gasteiger partial charge in [0.1, 0.15) is 11.5 Å². The summed E-state index contributed by atoms with van der Waals surface area (Å²) in [6.07, 6.45) is 0. The van der Waals surface area contributed by atoms with E-state index in [-0.39, 0.29) is 17.8 Å². The average Bonchev–Trinajstić information content (AvgIpc) is 3.03. The number of imide groups is 1. The van der Waals surface area contributed by atoms with E-state index in [1.165, 1.54) is 6.07 Å². The van der Waals surface area contributed by atoms with Crippen molar-refractivity contribution in [2.45, 2.75) is 33.1 Å². The molecule has 4 rings (SSSR count). The summed E-state index contributed by atoms with van der Waals surface area (Å²) >= 11 is 0. The van der Waals surface area contributed by atoms with E-state index in [0.717, 1.165) is 16.0 Å². The third kappa shape index (κ3) is 4.51. The molecule has 2 amide bonds. The Morgan fingerprint density at radius 2 is 1.55 bits per heavy atom. The molecule has 0 saturated heterocycles. The first-order valence-corrected chi connectivity index (χ1v) is 10.7. The zero-order valence-corrected chi connectivity index (χ0v) is 19.0. The lowest BCUT2D eigenvalue weighted by Gasteiger charge is -2.23. The van der Waals surface area contributed by atoms with Crippen molar-refractivity contribution in [1.29, 1.82) is 0 Å². The quantitative estimate of drug-likeness (QED) is 0.312. The second kappa shape index (κ2) is 8.54. The lowest BCUT2D eigenvalue weighted by Crippen LogP contribution is -2.29. The molecule has 0 saturated carbocycles. The summed E-state index contributed by atoms with van der Waals surface area (Å²) in [6.45, 7) is 7.98. The number of nitrogens with zero attached hydrogens (tertiary/aromatic N) is 1. The van der Waals surface area contributed by atoms with Crippen LogP contribution in [0, 0.1) is 6.92 Å². The van der Waals surface area contributed by atoms with Crippen LogP contribution in [-0.4, -0.2) is 24.4 Å². The van der Waals surface area contributed by atoms with Gasteiger partial charge in [0.2, 0.25) is 0 Å². The van der Waals surface area contributed by atoms with Crippen LogP contribution >= 0.6 is 0 Å². The number of amides is 2. The summed E-state index contributed by atoms with van der Waals surface area (Å²) < 4.78 is 11.2. The average molecular weight is 443 g/mol. The van der Waals surface area contributed by atoms with Gasteiger partial charge < -0.3 is 9.47 Å². The standard InChI is InChI=1S/C27H25NO5/c1-17-12-13-23(22(14-17)27(2,3)4)32-16-24(29)33-19-9-7-8-18(15-19)28-25(30)20-10-5-6-11-21(20)26(28)31/h5-15H,16H2,1-4H3. The number of rotatable bonds is 5. The Morgan fingerprint density at radius 1 is 0.879 bits per heavy atom. The number of hydrogen-bond donors (Lipinski definition) is 0. The molecule has 0 N–H and O–H groups in total. The number of hydrogen-bond acceptors (Lipinski definition) is 5. The normalized spacial score (nSPS) is 13.2. The predicted octanol–water partition coefficient (Wildman–Crippen LogP) is 5.08. The van der Waals surface area contributed by atoms with Crippen molar-refractivity contribution in [3.63, 3.8) is 0 Å². The second-order valence-electron chi connectivity index (χ2n) is 9.00. The van der Waals surface area contributed by atoms with Gasteiger partial charge >= 0.3 is 5.97 Å². The third-order valence-electron chi connectivity index (χ3n) is 5.39. The van der Waals surface area contributed by atoms with Crippen LogP contribution in [0.2, 0.25) is 0 Å². The molecule has 0 aromatic heterocycles. The summed E-state index contributed by atoms with van der Waals surface area (Å²) in [4.78, 5) is 39.0. The van der Waals surface area contributed by atoms with E-state index in [9.17, 15) is 14.4 Å². The molecule has 1 aliphatic heterocycles. The molecule has 0 fully saturated rings. The van der Waals surface area contributed by atoms with Crippen molar-refractivity contribution in [2.75, 3.05) is 11.5 Å². The second-order valence-corrected chi connectivity index (χ2v) is 9.00. The minimum absolute atomic E-state index is 0.147. The van der Waals surface area contributed by atoms with E-state index in [0.29, 0.717) is 22.6 Å². The maximum Gasteiger partial charge on any atom is 0.349 e. The van der Waals surface area contributed by atoms with E-state index in [1.807, 2.05) is 25.1 Å². The molecular formula is C27H25NO5. The van der Waals surface area contributed by atoms with Gasteiger partial charge in [0.15, 0.2) is 6.61 Å². The van der Waals surface area contributed by atoms with Gasteiger partial charge in [-0.1, -0.05) is 56.7 Å². The number of carbonyl (C=O) groups is 3. The Bertz CT molecular complexity index is 1220. The van der Waals surface area contributed by atoms with Gasteiger partial charge in [-0.25, -0.2) is 9.69 Å². The maximum absolute atomic E-state index is 12.7. The summed E-state index contributed by atoms with van der Waals surface area (Å²) in [6, 6.07) is 18.8. The topological polar surface area (TPSA) is 72.9 Å². The molecule has 0 atom stereocenters. The molecule has 1 heterocycles. The Labute approximate surface area is 192 Å². The summed E-state index contributed by atoms with van der Waals surface area (Å²) in [5.74, 6) is -0.551. The number of fused-ring (bicyclic) bond motifs is 1. The molecule has 0 bridgehead atoms. The lowest BCUT2D eigenvalue weighted by molar-refractivity contribution is -0.136. The first kappa shape index (κ1) is 22.3. The molecule has 168 valence electrons. The number of ether oxygens (including phenoxy) is 2. The number of aryl methyl sites for hydroxylation is 1. The first-order valence-electron chi connectivity index (χ1n) is 10.7. The largest absolute Gasteiger partial charge is 0.482 e. The van der Waals surface area contributed by atoms with Crippen LogP contribution in [-0.2, 0) is 10.2 Å². The van der Waals surface area contributed by atoms with Gasteiger partial charge in [0, 0.05) is 6.07 Å². The molecule has 0 spiro atoms. The van der Waals surface area contributed by atoms with E-state index in [4.69, 9.17) is 9.47 Å². The smallest absolute Gasteiger partial charge is 0.349 e. The fourth-order valence-electron chi connectivity index (χ4n) is 3.76. The van der Waals surface area contributed by atoms with Crippen molar-refractivity contribution >= 4 is 23.5 Å². The van der Waals surface area contributed by atoms with Crippen molar-refractivity contribution in [3.05, 3.63) is 89.0 Å². The van der Waals surface area contributed by atoms with Crippen LogP contribution in [0.1, 0.15) is 52.6 Å². The highest BCUT2D eigenvalue weighted by Gasteiger charge is 2.36. The minimum Gasteiger partial charge on any atom is -0.482 e. The lowest BCUT2D eigenvalue weighted by atomic mass is 9.85. The zero-order valence-electron chi connectivity index (χ0n) is 19.0. The van der Waals surface area contributed by atoms with Gasteiger partial charge in [-0.15, -0.1) is 0 Å². The van der Waals surface area contributed by atoms with Gasteiger partial charge in [0.05, 0.1) is 16.8 Å². The molecule has 0 radical (unpaired) electrons. The van der Waals surface area contributed by atoms with Gasteiger partial charge in [0.25, 0.3) is 11.8 Å². The highest BCUT2D eigenvalue weighted by atomic mass is 16.6. The van der Waals surface area contributed by atoms with E-state index in [2.05, 4.69) is 20.8 Å². The summed E-state index contributed by atoms with van der Waals surface area (Å²) in [5.41, 5.74) is 3.01. The molecule has 6 nitrogen and oxygen atoms in total. The van der Waals surface area contributed by atoms with Gasteiger partial charge in [-0.05, 0) is 48.2 Å². The van der Waals surface area contributed by atoms with Crippen LogP contribution in [0.3, 0.4) is 0 Å². The van der Waals surface area contributed by atoms with Crippen molar-refractivity contribution in [1.82, 2.24) is 0 Å².